The molecule has 0 radical (unpaired) electrons. The zero-order valence-electron chi connectivity index (χ0n) is 14.6. The van der Waals surface area contributed by atoms with Crippen LogP contribution < -0.4 is 8.92 Å². The normalized spacial score (nSPS) is 11.9. The van der Waals surface area contributed by atoms with Crippen LogP contribution in [0.25, 0.3) is 0 Å². The van der Waals surface area contributed by atoms with Crippen LogP contribution in [0.5, 0.6) is 17.2 Å². The number of benzene rings is 2. The van der Waals surface area contributed by atoms with Gasteiger partial charge >= 0.3 is 0 Å². The van der Waals surface area contributed by atoms with E-state index in [0.29, 0.717) is 11.5 Å². The van der Waals surface area contributed by atoms with Crippen molar-refractivity contribution < 1.29 is 17.7 Å². The molecule has 0 heterocycles. The lowest BCUT2D eigenvalue weighted by atomic mass is 10.0. The van der Waals surface area contributed by atoms with Crippen molar-refractivity contribution in [3.63, 3.8) is 0 Å². The van der Waals surface area contributed by atoms with Gasteiger partial charge in [0.15, 0.2) is 11.5 Å². The van der Waals surface area contributed by atoms with Gasteiger partial charge in [-0.1, -0.05) is 63.3 Å². The summed E-state index contributed by atoms with van der Waals surface area (Å²) in [5.74, 6) is 1.25. The van der Waals surface area contributed by atoms with Crippen molar-refractivity contribution in [1.29, 1.82) is 0 Å². The molecule has 25 heavy (non-hydrogen) atoms. The predicted octanol–water partition coefficient (Wildman–Crippen LogP) is 5.55. The molecule has 136 valence electrons. The summed E-state index contributed by atoms with van der Waals surface area (Å²) in [4.78, 5) is 0. The SMILES string of the molecule is CCCCCCCCc1ccc(OS(=O)[O-])c(Oc2ccccc2)c1. The molecule has 0 bridgehead atoms. The topological polar surface area (TPSA) is 58.6 Å². The Kier molecular flexibility index (Phi) is 8.49. The van der Waals surface area contributed by atoms with Crippen LogP contribution in [-0.4, -0.2) is 8.76 Å². The van der Waals surface area contributed by atoms with Crippen LogP contribution in [0.15, 0.2) is 48.5 Å². The Morgan fingerprint density at radius 3 is 2.36 bits per heavy atom. The highest BCUT2D eigenvalue weighted by Gasteiger charge is 2.09. The fourth-order valence-corrected chi connectivity index (χ4v) is 2.94. The number of unbranched alkanes of at least 4 members (excludes halogenated alkanes) is 5. The van der Waals surface area contributed by atoms with E-state index in [1.165, 1.54) is 32.1 Å². The Morgan fingerprint density at radius 1 is 0.920 bits per heavy atom. The first-order chi connectivity index (χ1) is 12.2. The van der Waals surface area contributed by atoms with Gasteiger partial charge in [0.05, 0.1) is 0 Å². The summed E-state index contributed by atoms with van der Waals surface area (Å²) in [6, 6.07) is 14.7. The van der Waals surface area contributed by atoms with Gasteiger partial charge in [-0.15, -0.1) is 0 Å². The summed E-state index contributed by atoms with van der Waals surface area (Å²) in [5, 5.41) is 0. The van der Waals surface area contributed by atoms with E-state index >= 15 is 0 Å². The first-order valence-electron chi connectivity index (χ1n) is 8.82. The molecule has 2 aromatic carbocycles. The van der Waals surface area contributed by atoms with E-state index in [9.17, 15) is 8.76 Å². The van der Waals surface area contributed by atoms with Gasteiger partial charge in [-0.05, 0) is 42.7 Å². The minimum atomic E-state index is -2.63. The Bertz CT molecular complexity index is 658. The lowest BCUT2D eigenvalue weighted by Crippen LogP contribution is -2.00. The van der Waals surface area contributed by atoms with Crippen molar-refractivity contribution in [3.8, 4) is 17.2 Å². The van der Waals surface area contributed by atoms with Gasteiger partial charge in [-0.2, -0.15) is 0 Å². The summed E-state index contributed by atoms with van der Waals surface area (Å²) in [6.45, 7) is 2.22. The van der Waals surface area contributed by atoms with Gasteiger partial charge in [0.1, 0.15) is 17.1 Å². The van der Waals surface area contributed by atoms with Gasteiger partial charge in [-0.3, -0.25) is 0 Å². The average molecular weight is 361 g/mol. The highest BCUT2D eigenvalue weighted by atomic mass is 32.2. The van der Waals surface area contributed by atoms with Gasteiger partial charge in [0, 0.05) is 0 Å². The zero-order chi connectivity index (χ0) is 17.9. The smallest absolute Gasteiger partial charge is 0.181 e. The Hall–Kier alpha value is -1.85. The third kappa shape index (κ3) is 7.28. The van der Waals surface area contributed by atoms with E-state index in [2.05, 4.69) is 6.92 Å². The molecular formula is C20H25O4S-. The van der Waals surface area contributed by atoms with Gasteiger partial charge < -0.3 is 13.5 Å². The molecule has 5 heteroatoms. The number of aryl methyl sites for hydroxylation is 1. The second-order valence-corrected chi connectivity index (χ2v) is 6.58. The Labute approximate surface area is 152 Å². The minimum Gasteiger partial charge on any atom is -0.740 e. The third-order valence-electron chi connectivity index (χ3n) is 3.96. The maximum atomic E-state index is 10.9. The monoisotopic (exact) mass is 361 g/mol. The number of ether oxygens (including phenoxy) is 1. The molecule has 2 aromatic rings. The standard InChI is InChI=1S/C20H26O4S/c1-2-3-4-5-6-8-11-17-14-15-19(24-25(21)22)20(16-17)23-18-12-9-7-10-13-18/h7,9-10,12-16H,2-6,8,11H2,1H3,(H,21,22)/p-1. The van der Waals surface area contributed by atoms with Crippen molar-refractivity contribution in [3.05, 3.63) is 54.1 Å². The third-order valence-corrected chi connectivity index (χ3v) is 4.27. The fraction of sp³-hybridized carbons (Fsp3) is 0.400. The van der Waals surface area contributed by atoms with Crippen molar-refractivity contribution in [2.75, 3.05) is 0 Å². The molecule has 0 aliphatic heterocycles. The summed E-state index contributed by atoms with van der Waals surface area (Å²) < 4.78 is 32.4. The molecular weight excluding hydrogens is 336 g/mol. The second-order valence-electron chi connectivity index (χ2n) is 6.00. The lowest BCUT2D eigenvalue weighted by molar-refractivity contribution is 0.413. The quantitative estimate of drug-likeness (QED) is 0.389. The van der Waals surface area contributed by atoms with Crippen molar-refractivity contribution >= 4 is 11.4 Å². The van der Waals surface area contributed by atoms with Gasteiger partial charge in [0.25, 0.3) is 0 Å². The largest absolute Gasteiger partial charge is 0.740 e. The number of para-hydroxylation sites is 1. The van der Waals surface area contributed by atoms with Crippen molar-refractivity contribution in [2.24, 2.45) is 0 Å². The molecule has 0 N–H and O–H groups in total. The van der Waals surface area contributed by atoms with Crippen molar-refractivity contribution in [1.82, 2.24) is 0 Å². The van der Waals surface area contributed by atoms with Crippen LogP contribution in [0.4, 0.5) is 0 Å². The van der Waals surface area contributed by atoms with Crippen LogP contribution in [0.1, 0.15) is 51.0 Å². The van der Waals surface area contributed by atoms with Crippen LogP contribution in [0.3, 0.4) is 0 Å². The number of hydrogen-bond donors (Lipinski definition) is 0. The Morgan fingerprint density at radius 2 is 1.64 bits per heavy atom. The van der Waals surface area contributed by atoms with E-state index in [0.717, 1.165) is 18.4 Å². The molecule has 0 aliphatic carbocycles. The molecule has 0 spiro atoms. The van der Waals surface area contributed by atoms with E-state index in [4.69, 9.17) is 8.92 Å². The molecule has 0 amide bonds. The van der Waals surface area contributed by atoms with Crippen molar-refractivity contribution in [2.45, 2.75) is 51.9 Å². The molecule has 0 fully saturated rings. The first-order valence-corrected chi connectivity index (χ1v) is 9.82. The van der Waals surface area contributed by atoms with Gasteiger partial charge in [-0.25, -0.2) is 4.21 Å². The highest BCUT2D eigenvalue weighted by molar-refractivity contribution is 7.74. The molecule has 1 atom stereocenters. The summed E-state index contributed by atoms with van der Waals surface area (Å²) in [5.41, 5.74) is 1.12. The predicted molar refractivity (Wildman–Crippen MR) is 99.6 cm³/mol. The van der Waals surface area contributed by atoms with E-state index in [1.807, 2.05) is 42.5 Å². The highest BCUT2D eigenvalue weighted by Crippen LogP contribution is 2.33. The van der Waals surface area contributed by atoms with Crippen LogP contribution in [-0.2, 0) is 17.8 Å². The zero-order valence-corrected chi connectivity index (χ0v) is 15.4. The molecule has 0 saturated carbocycles. The maximum Gasteiger partial charge on any atom is 0.181 e. The van der Waals surface area contributed by atoms with E-state index in [1.54, 1.807) is 6.07 Å². The molecule has 2 rings (SSSR count). The first kappa shape index (κ1) is 19.5. The Balaban J connectivity index is 2.01. The molecule has 0 aromatic heterocycles. The molecule has 4 nitrogen and oxygen atoms in total. The summed E-state index contributed by atoms with van der Waals surface area (Å²) in [6.07, 6.45) is 8.37. The number of rotatable bonds is 11. The minimum absolute atomic E-state index is 0.198. The molecule has 0 saturated heterocycles. The maximum absolute atomic E-state index is 10.9. The van der Waals surface area contributed by atoms with Crippen LogP contribution >= 0.6 is 0 Å². The number of hydrogen-bond acceptors (Lipinski definition) is 4. The van der Waals surface area contributed by atoms with Crippen LogP contribution in [0.2, 0.25) is 0 Å². The van der Waals surface area contributed by atoms with E-state index < -0.39 is 11.4 Å². The van der Waals surface area contributed by atoms with Crippen LogP contribution in [0, 0.1) is 0 Å². The van der Waals surface area contributed by atoms with Gasteiger partial charge in [0.2, 0.25) is 0 Å². The second kappa shape index (κ2) is 10.9. The van der Waals surface area contributed by atoms with E-state index in [-0.39, 0.29) is 5.75 Å². The summed E-state index contributed by atoms with van der Waals surface area (Å²) >= 11 is -2.63. The fourth-order valence-electron chi connectivity index (χ4n) is 2.65. The molecule has 1 unspecified atom stereocenters. The lowest BCUT2D eigenvalue weighted by Gasteiger charge is -2.14. The molecule has 0 aliphatic rings. The average Bonchev–Trinajstić information content (AvgIpc) is 2.60. The summed E-state index contributed by atoms with van der Waals surface area (Å²) in [7, 11) is 0.